The van der Waals surface area contributed by atoms with Crippen LogP contribution in [0.25, 0.3) is 10.4 Å². The highest BCUT2D eigenvalue weighted by atomic mass is 16.3. The summed E-state index contributed by atoms with van der Waals surface area (Å²) in [7, 11) is 1.99. The lowest BCUT2D eigenvalue weighted by Gasteiger charge is -2.14. The SMILES string of the molecule is Cc1occc1CN(C)CCN=[N+]=[N-]. The lowest BCUT2D eigenvalue weighted by Crippen LogP contribution is -2.20. The van der Waals surface area contributed by atoms with Gasteiger partial charge in [-0.05, 0) is 25.6 Å². The van der Waals surface area contributed by atoms with E-state index in [1.165, 1.54) is 5.56 Å². The fraction of sp³-hybridized carbons (Fsp3) is 0.556. The van der Waals surface area contributed by atoms with Gasteiger partial charge in [0.15, 0.2) is 0 Å². The maximum Gasteiger partial charge on any atom is 0.105 e. The average molecular weight is 194 g/mol. The second-order valence-corrected chi connectivity index (χ2v) is 3.19. The van der Waals surface area contributed by atoms with Gasteiger partial charge in [0.1, 0.15) is 5.76 Å². The first-order valence-corrected chi connectivity index (χ1v) is 4.46. The summed E-state index contributed by atoms with van der Waals surface area (Å²) in [6.45, 7) is 4.03. The van der Waals surface area contributed by atoms with Crippen molar-refractivity contribution >= 4 is 0 Å². The number of likely N-dealkylation sites (N-methyl/N-ethyl adjacent to an activating group) is 1. The molecule has 0 amide bonds. The predicted molar refractivity (Wildman–Crippen MR) is 53.8 cm³/mol. The molecule has 1 heterocycles. The van der Waals surface area contributed by atoms with Crippen molar-refractivity contribution < 1.29 is 4.42 Å². The number of furan rings is 1. The molecule has 0 N–H and O–H groups in total. The van der Waals surface area contributed by atoms with E-state index in [1.54, 1.807) is 6.26 Å². The van der Waals surface area contributed by atoms with Gasteiger partial charge in [0, 0.05) is 30.1 Å². The Hall–Kier alpha value is -1.45. The van der Waals surface area contributed by atoms with Crippen molar-refractivity contribution in [3.8, 4) is 0 Å². The van der Waals surface area contributed by atoms with Gasteiger partial charge >= 0.3 is 0 Å². The van der Waals surface area contributed by atoms with E-state index < -0.39 is 0 Å². The van der Waals surface area contributed by atoms with E-state index in [4.69, 9.17) is 9.95 Å². The molecule has 0 bridgehead atoms. The molecular weight excluding hydrogens is 180 g/mol. The van der Waals surface area contributed by atoms with Crippen molar-refractivity contribution in [1.29, 1.82) is 0 Å². The van der Waals surface area contributed by atoms with E-state index in [2.05, 4.69) is 14.9 Å². The molecule has 0 aliphatic carbocycles. The second kappa shape index (κ2) is 5.32. The van der Waals surface area contributed by atoms with Gasteiger partial charge in [-0.2, -0.15) is 0 Å². The third-order valence-electron chi connectivity index (χ3n) is 2.05. The molecule has 0 atom stereocenters. The van der Waals surface area contributed by atoms with E-state index in [0.717, 1.165) is 18.8 Å². The van der Waals surface area contributed by atoms with Crippen molar-refractivity contribution in [1.82, 2.24) is 4.90 Å². The molecule has 0 unspecified atom stereocenters. The van der Waals surface area contributed by atoms with Gasteiger partial charge in [-0.25, -0.2) is 0 Å². The van der Waals surface area contributed by atoms with Gasteiger partial charge < -0.3 is 9.32 Å². The van der Waals surface area contributed by atoms with E-state index in [-0.39, 0.29) is 0 Å². The molecule has 0 aliphatic heterocycles. The molecule has 0 aliphatic rings. The van der Waals surface area contributed by atoms with Crippen LogP contribution >= 0.6 is 0 Å². The number of aryl methyl sites for hydroxylation is 1. The van der Waals surface area contributed by atoms with Crippen LogP contribution in [-0.2, 0) is 6.54 Å². The zero-order valence-electron chi connectivity index (χ0n) is 8.47. The first-order chi connectivity index (χ1) is 6.74. The fourth-order valence-electron chi connectivity index (χ4n) is 1.21. The van der Waals surface area contributed by atoms with Crippen molar-refractivity contribution in [2.24, 2.45) is 5.11 Å². The number of nitrogens with zero attached hydrogens (tertiary/aromatic N) is 4. The Labute approximate surface area is 82.9 Å². The van der Waals surface area contributed by atoms with Gasteiger partial charge in [0.2, 0.25) is 0 Å². The van der Waals surface area contributed by atoms with Crippen LogP contribution in [0.2, 0.25) is 0 Å². The summed E-state index contributed by atoms with van der Waals surface area (Å²) >= 11 is 0. The first-order valence-electron chi connectivity index (χ1n) is 4.46. The standard InChI is InChI=1S/C9H14N4O/c1-8-9(3-6-14-8)7-13(2)5-4-11-12-10/h3,6H,4-5,7H2,1-2H3. The summed E-state index contributed by atoms with van der Waals surface area (Å²) in [4.78, 5) is 4.79. The monoisotopic (exact) mass is 194 g/mol. The molecule has 5 nitrogen and oxygen atoms in total. The van der Waals surface area contributed by atoms with Gasteiger partial charge in [-0.15, -0.1) is 0 Å². The van der Waals surface area contributed by atoms with Crippen LogP contribution < -0.4 is 0 Å². The number of azide groups is 1. The highest BCUT2D eigenvalue weighted by Gasteiger charge is 2.04. The highest BCUT2D eigenvalue weighted by molar-refractivity contribution is 5.14. The minimum Gasteiger partial charge on any atom is -0.469 e. The Morgan fingerprint density at radius 1 is 1.64 bits per heavy atom. The van der Waals surface area contributed by atoms with E-state index in [9.17, 15) is 0 Å². The van der Waals surface area contributed by atoms with Crippen LogP contribution in [0.4, 0.5) is 0 Å². The van der Waals surface area contributed by atoms with Gasteiger partial charge in [0.05, 0.1) is 6.26 Å². The van der Waals surface area contributed by atoms with E-state index in [0.29, 0.717) is 6.54 Å². The van der Waals surface area contributed by atoms with Crippen LogP contribution in [0.1, 0.15) is 11.3 Å². The number of rotatable bonds is 5. The molecule has 0 aromatic carbocycles. The smallest absolute Gasteiger partial charge is 0.105 e. The molecule has 1 aromatic heterocycles. The Morgan fingerprint density at radius 3 is 3.00 bits per heavy atom. The van der Waals surface area contributed by atoms with Crippen LogP contribution in [0.15, 0.2) is 21.9 Å². The van der Waals surface area contributed by atoms with Crippen molar-refractivity contribution in [3.63, 3.8) is 0 Å². The Bertz CT molecular complexity index is 327. The maximum atomic E-state index is 8.10. The summed E-state index contributed by atoms with van der Waals surface area (Å²) in [5, 5.41) is 3.48. The van der Waals surface area contributed by atoms with Crippen LogP contribution in [0.3, 0.4) is 0 Å². The van der Waals surface area contributed by atoms with Gasteiger partial charge in [-0.1, -0.05) is 5.11 Å². The molecule has 0 radical (unpaired) electrons. The van der Waals surface area contributed by atoms with Crippen LogP contribution in [-0.4, -0.2) is 25.0 Å². The number of hydrogen-bond acceptors (Lipinski definition) is 3. The lowest BCUT2D eigenvalue weighted by atomic mass is 10.2. The van der Waals surface area contributed by atoms with Crippen LogP contribution in [0.5, 0.6) is 0 Å². The maximum absolute atomic E-state index is 8.10. The molecular formula is C9H14N4O. The van der Waals surface area contributed by atoms with Crippen molar-refractivity contribution in [2.45, 2.75) is 13.5 Å². The minimum atomic E-state index is 0.504. The molecule has 14 heavy (non-hydrogen) atoms. The predicted octanol–water partition coefficient (Wildman–Crippen LogP) is 2.33. The second-order valence-electron chi connectivity index (χ2n) is 3.19. The molecule has 1 aromatic rings. The third kappa shape index (κ3) is 3.12. The molecule has 0 saturated carbocycles. The molecule has 0 fully saturated rings. The highest BCUT2D eigenvalue weighted by Crippen LogP contribution is 2.10. The fourth-order valence-corrected chi connectivity index (χ4v) is 1.21. The largest absolute Gasteiger partial charge is 0.469 e. The summed E-state index contributed by atoms with van der Waals surface area (Å²) in [5.41, 5.74) is 9.28. The third-order valence-corrected chi connectivity index (χ3v) is 2.05. The number of hydrogen-bond donors (Lipinski definition) is 0. The summed E-state index contributed by atoms with van der Waals surface area (Å²) in [5.74, 6) is 0.945. The lowest BCUT2D eigenvalue weighted by molar-refractivity contribution is 0.333. The average Bonchev–Trinajstić information content (AvgIpc) is 2.52. The molecule has 76 valence electrons. The van der Waals surface area contributed by atoms with Crippen molar-refractivity contribution in [2.75, 3.05) is 20.1 Å². The van der Waals surface area contributed by atoms with E-state index >= 15 is 0 Å². The Morgan fingerprint density at radius 2 is 2.43 bits per heavy atom. The van der Waals surface area contributed by atoms with Crippen molar-refractivity contribution in [3.05, 3.63) is 34.1 Å². The van der Waals surface area contributed by atoms with Gasteiger partial charge in [0.25, 0.3) is 0 Å². The van der Waals surface area contributed by atoms with Crippen LogP contribution in [0, 0.1) is 6.92 Å². The zero-order valence-corrected chi connectivity index (χ0v) is 8.47. The quantitative estimate of drug-likeness (QED) is 0.410. The summed E-state index contributed by atoms with van der Waals surface area (Å²) < 4.78 is 5.18. The van der Waals surface area contributed by atoms with E-state index in [1.807, 2.05) is 20.0 Å². The molecule has 1 rings (SSSR count). The summed E-state index contributed by atoms with van der Waals surface area (Å²) in [6.07, 6.45) is 1.69. The molecule has 5 heteroatoms. The van der Waals surface area contributed by atoms with Gasteiger partial charge in [-0.3, -0.25) is 0 Å². The first kappa shape index (κ1) is 10.6. The minimum absolute atomic E-state index is 0.504. The normalized spacial score (nSPS) is 10.2. The Balaban J connectivity index is 2.37. The topological polar surface area (TPSA) is 65.1 Å². The Kier molecular flexibility index (Phi) is 4.04. The molecule has 0 spiro atoms. The zero-order chi connectivity index (χ0) is 10.4. The summed E-state index contributed by atoms with van der Waals surface area (Å²) in [6, 6.07) is 1.96. The molecule has 0 saturated heterocycles.